The Balaban J connectivity index is 1.27. The summed E-state index contributed by atoms with van der Waals surface area (Å²) in [6.45, 7) is 4.49. The molecular weight excluding hydrogens is 382 g/mol. The van der Waals surface area contributed by atoms with Crippen LogP contribution in [0.5, 0.6) is 0 Å². The zero-order valence-electron chi connectivity index (χ0n) is 17.1. The Morgan fingerprint density at radius 2 is 1.93 bits per heavy atom. The van der Waals surface area contributed by atoms with Crippen molar-refractivity contribution in [2.75, 3.05) is 19.8 Å². The molecule has 0 spiro atoms. The molecule has 1 fully saturated rings. The molecule has 7 nitrogen and oxygen atoms in total. The van der Waals surface area contributed by atoms with E-state index >= 15 is 0 Å². The molecule has 30 heavy (non-hydrogen) atoms. The van der Waals surface area contributed by atoms with Gasteiger partial charge in [0.2, 0.25) is 11.8 Å². The van der Waals surface area contributed by atoms with Gasteiger partial charge in [0.15, 0.2) is 5.89 Å². The molecule has 0 unspecified atom stereocenters. The van der Waals surface area contributed by atoms with Crippen LogP contribution in [0.2, 0.25) is 0 Å². The summed E-state index contributed by atoms with van der Waals surface area (Å²) in [5.74, 6) is 3.31. The topological polar surface area (TPSA) is 81.6 Å². The van der Waals surface area contributed by atoms with Crippen molar-refractivity contribution in [3.8, 4) is 11.5 Å². The van der Waals surface area contributed by atoms with Gasteiger partial charge in [0.05, 0.1) is 18.7 Å². The number of fused-ring (bicyclic) bond motifs is 1. The summed E-state index contributed by atoms with van der Waals surface area (Å²) < 4.78 is 17.3. The number of hydrogen-bond donors (Lipinski definition) is 0. The second kappa shape index (κ2) is 8.07. The van der Waals surface area contributed by atoms with Crippen LogP contribution in [0, 0.1) is 6.92 Å². The van der Waals surface area contributed by atoms with E-state index in [0.29, 0.717) is 42.8 Å². The molecule has 156 valence electrons. The number of benzene rings is 1. The molecule has 0 aliphatic carbocycles. The lowest BCUT2D eigenvalue weighted by Gasteiger charge is -2.25. The largest absolute Gasteiger partial charge is 0.445 e. The maximum absolute atomic E-state index is 13.0. The average Bonchev–Trinajstić information content (AvgIpc) is 3.38. The van der Waals surface area contributed by atoms with E-state index in [9.17, 15) is 4.79 Å². The predicted octanol–water partition coefficient (Wildman–Crippen LogP) is 3.66. The van der Waals surface area contributed by atoms with E-state index in [1.165, 1.54) is 0 Å². The number of amides is 1. The standard InChI is InChI=1S/C23H25N3O4/c1-15-18(24-22(29-15)16-5-3-2-4-6-16)13-21(27)26-10-7-20-19(14-26)25-23(30-20)17-8-11-28-12-9-17/h2-6,17H,7-14H2,1H3. The fourth-order valence-electron chi connectivity index (χ4n) is 4.10. The van der Waals surface area contributed by atoms with Gasteiger partial charge in [-0.3, -0.25) is 4.79 Å². The van der Waals surface area contributed by atoms with Gasteiger partial charge in [-0.2, -0.15) is 0 Å². The van der Waals surface area contributed by atoms with Gasteiger partial charge in [-0.15, -0.1) is 0 Å². The Morgan fingerprint density at radius 1 is 1.13 bits per heavy atom. The van der Waals surface area contributed by atoms with E-state index in [-0.39, 0.29) is 12.3 Å². The van der Waals surface area contributed by atoms with Crippen molar-refractivity contribution in [2.24, 2.45) is 0 Å². The van der Waals surface area contributed by atoms with Crippen LogP contribution in [0.4, 0.5) is 0 Å². The molecule has 3 aromatic rings. The Bertz CT molecular complexity index is 1030. The minimum Gasteiger partial charge on any atom is -0.445 e. The summed E-state index contributed by atoms with van der Waals surface area (Å²) in [7, 11) is 0. The van der Waals surface area contributed by atoms with Crippen LogP contribution in [-0.2, 0) is 28.9 Å². The highest BCUT2D eigenvalue weighted by atomic mass is 16.5. The zero-order chi connectivity index (χ0) is 20.5. The van der Waals surface area contributed by atoms with Crippen LogP contribution in [0.25, 0.3) is 11.5 Å². The van der Waals surface area contributed by atoms with Gasteiger partial charge in [0, 0.05) is 37.7 Å². The van der Waals surface area contributed by atoms with Crippen molar-refractivity contribution >= 4 is 5.91 Å². The molecule has 0 bridgehead atoms. The molecule has 2 aliphatic heterocycles. The number of carbonyl (C=O) groups excluding carboxylic acids is 1. The van der Waals surface area contributed by atoms with Gasteiger partial charge in [-0.05, 0) is 31.9 Å². The Morgan fingerprint density at radius 3 is 2.73 bits per heavy atom. The number of oxazole rings is 2. The van der Waals surface area contributed by atoms with Crippen LogP contribution in [-0.4, -0.2) is 40.5 Å². The fourth-order valence-corrected chi connectivity index (χ4v) is 4.10. The molecule has 7 heteroatoms. The minimum absolute atomic E-state index is 0.0345. The lowest BCUT2D eigenvalue weighted by Crippen LogP contribution is -2.37. The summed E-state index contributed by atoms with van der Waals surface area (Å²) >= 11 is 0. The molecule has 2 aliphatic rings. The van der Waals surface area contributed by atoms with Crippen LogP contribution in [0.3, 0.4) is 0 Å². The maximum Gasteiger partial charge on any atom is 0.229 e. The smallest absolute Gasteiger partial charge is 0.229 e. The molecule has 0 radical (unpaired) electrons. The van der Waals surface area contributed by atoms with Crippen molar-refractivity contribution in [1.29, 1.82) is 0 Å². The number of hydrogen-bond acceptors (Lipinski definition) is 6. The third-order valence-electron chi connectivity index (χ3n) is 5.90. The summed E-state index contributed by atoms with van der Waals surface area (Å²) in [5, 5.41) is 0. The zero-order valence-corrected chi connectivity index (χ0v) is 17.1. The van der Waals surface area contributed by atoms with E-state index in [2.05, 4.69) is 4.98 Å². The Kier molecular flexibility index (Phi) is 5.12. The van der Waals surface area contributed by atoms with Crippen molar-refractivity contribution in [2.45, 2.75) is 45.1 Å². The first kappa shape index (κ1) is 19.1. The van der Waals surface area contributed by atoms with E-state index in [1.807, 2.05) is 42.2 Å². The van der Waals surface area contributed by atoms with Crippen LogP contribution < -0.4 is 0 Å². The average molecular weight is 407 g/mol. The highest BCUT2D eigenvalue weighted by molar-refractivity contribution is 5.79. The first-order chi connectivity index (χ1) is 14.7. The summed E-state index contributed by atoms with van der Waals surface area (Å²) in [5.41, 5.74) is 2.48. The predicted molar refractivity (Wildman–Crippen MR) is 109 cm³/mol. The normalized spacial score (nSPS) is 17.2. The third-order valence-corrected chi connectivity index (χ3v) is 5.90. The molecule has 0 N–H and O–H groups in total. The molecule has 0 saturated carbocycles. The van der Waals surface area contributed by atoms with Crippen LogP contribution in [0.15, 0.2) is 39.2 Å². The van der Waals surface area contributed by atoms with Crippen molar-refractivity contribution in [3.63, 3.8) is 0 Å². The number of rotatable bonds is 4. The van der Waals surface area contributed by atoms with Gasteiger partial charge in [0.1, 0.15) is 17.2 Å². The molecule has 0 atom stereocenters. The third kappa shape index (κ3) is 3.77. The quantitative estimate of drug-likeness (QED) is 0.657. The monoisotopic (exact) mass is 407 g/mol. The van der Waals surface area contributed by atoms with Gasteiger partial charge >= 0.3 is 0 Å². The fraction of sp³-hybridized carbons (Fsp3) is 0.435. The van der Waals surface area contributed by atoms with Gasteiger partial charge in [0.25, 0.3) is 0 Å². The molecule has 1 amide bonds. The van der Waals surface area contributed by atoms with Crippen molar-refractivity contribution < 1.29 is 18.4 Å². The number of ether oxygens (including phenoxy) is 1. The molecular formula is C23H25N3O4. The Labute approximate surface area is 175 Å². The van der Waals surface area contributed by atoms with E-state index in [0.717, 1.165) is 49.0 Å². The lowest BCUT2D eigenvalue weighted by atomic mass is 10.0. The molecule has 1 saturated heterocycles. The number of aromatic nitrogens is 2. The van der Waals surface area contributed by atoms with E-state index < -0.39 is 0 Å². The second-order valence-electron chi connectivity index (χ2n) is 7.94. The molecule has 2 aromatic heterocycles. The van der Waals surface area contributed by atoms with Crippen molar-refractivity contribution in [1.82, 2.24) is 14.9 Å². The lowest BCUT2D eigenvalue weighted by molar-refractivity contribution is -0.131. The summed E-state index contributed by atoms with van der Waals surface area (Å²) in [6, 6.07) is 9.73. The molecule has 5 rings (SSSR count). The van der Waals surface area contributed by atoms with Crippen LogP contribution >= 0.6 is 0 Å². The molecule has 1 aromatic carbocycles. The SMILES string of the molecule is Cc1oc(-c2ccccc2)nc1CC(=O)N1CCc2oc(C3CCOCC3)nc2C1. The van der Waals surface area contributed by atoms with E-state index in [4.69, 9.17) is 18.6 Å². The highest BCUT2D eigenvalue weighted by Gasteiger charge is 2.29. The highest BCUT2D eigenvalue weighted by Crippen LogP contribution is 2.30. The van der Waals surface area contributed by atoms with Gasteiger partial charge in [-0.25, -0.2) is 9.97 Å². The number of nitrogens with zero attached hydrogens (tertiary/aromatic N) is 3. The van der Waals surface area contributed by atoms with Crippen LogP contribution in [0.1, 0.15) is 47.6 Å². The maximum atomic E-state index is 13.0. The summed E-state index contributed by atoms with van der Waals surface area (Å²) in [4.78, 5) is 24.1. The van der Waals surface area contributed by atoms with Gasteiger partial charge in [-0.1, -0.05) is 18.2 Å². The van der Waals surface area contributed by atoms with Gasteiger partial charge < -0.3 is 18.5 Å². The van der Waals surface area contributed by atoms with E-state index in [1.54, 1.807) is 0 Å². The minimum atomic E-state index is 0.0345. The second-order valence-corrected chi connectivity index (χ2v) is 7.94. The molecule has 4 heterocycles. The summed E-state index contributed by atoms with van der Waals surface area (Å²) in [6.07, 6.45) is 2.81. The number of carbonyl (C=O) groups is 1. The van der Waals surface area contributed by atoms with Crippen molar-refractivity contribution in [3.05, 3.63) is 59.1 Å². The first-order valence-electron chi connectivity index (χ1n) is 10.5. The first-order valence-corrected chi connectivity index (χ1v) is 10.5. The Hall–Kier alpha value is -2.93. The number of aryl methyl sites for hydroxylation is 1.